The maximum Gasteiger partial charge on any atom is 0.368 e. The smallest absolute Gasteiger partial charge is 0.368 e. The fourth-order valence-corrected chi connectivity index (χ4v) is 2.23. The molecule has 0 radical (unpaired) electrons. The van der Waals surface area contributed by atoms with Crippen molar-refractivity contribution in [2.45, 2.75) is 39.6 Å². The largest absolute Gasteiger partial charge is 0.464 e. The molecule has 0 aliphatic heterocycles. The molecule has 0 aromatic rings. The van der Waals surface area contributed by atoms with Gasteiger partial charge < -0.3 is 18.9 Å². The fourth-order valence-electron chi connectivity index (χ4n) is 0.990. The Morgan fingerprint density at radius 2 is 1.88 bits per heavy atom. The number of hydrogen-bond acceptors (Lipinski definition) is 5. The second-order valence-electron chi connectivity index (χ2n) is 3.27. The molecule has 6 nitrogen and oxygen atoms in total. The summed E-state index contributed by atoms with van der Waals surface area (Å²) in [6.45, 7) is 6.60. The number of rotatable bonds is 7. The monoisotopic (exact) mass is 254 g/mol. The Bertz CT molecular complexity index is 265. The highest BCUT2D eigenvalue weighted by Crippen LogP contribution is 2.48. The summed E-state index contributed by atoms with van der Waals surface area (Å²) in [5.74, 6) is -2.46. The van der Waals surface area contributed by atoms with Gasteiger partial charge in [0.1, 0.15) is 0 Å². The van der Waals surface area contributed by atoms with Gasteiger partial charge in [-0.05, 0) is 27.7 Å². The van der Waals surface area contributed by atoms with E-state index in [0.717, 1.165) is 0 Å². The third-order valence-corrected chi connectivity index (χ3v) is 3.05. The average Bonchev–Trinajstić information content (AvgIpc) is 2.13. The van der Waals surface area contributed by atoms with Crippen molar-refractivity contribution in [3.8, 4) is 0 Å². The molecule has 0 aromatic carbocycles. The van der Waals surface area contributed by atoms with E-state index in [1.165, 1.54) is 0 Å². The van der Waals surface area contributed by atoms with Gasteiger partial charge in [-0.15, -0.1) is 0 Å². The molecule has 0 spiro atoms. The molecule has 0 aliphatic rings. The Labute approximate surface area is 95.4 Å². The predicted octanol–water partition coefficient (Wildman–Crippen LogP) is 1.52. The van der Waals surface area contributed by atoms with E-state index in [1.54, 1.807) is 27.7 Å². The van der Waals surface area contributed by atoms with E-state index in [2.05, 4.69) is 9.26 Å². The molecule has 0 aromatic heterocycles. The molecule has 0 amide bonds. The van der Waals surface area contributed by atoms with Crippen LogP contribution in [0.3, 0.4) is 0 Å². The van der Waals surface area contributed by atoms with Crippen LogP contribution in [0.25, 0.3) is 0 Å². The Kier molecular flexibility index (Phi) is 6.83. The van der Waals surface area contributed by atoms with Crippen LogP contribution in [0.2, 0.25) is 0 Å². The van der Waals surface area contributed by atoms with E-state index in [4.69, 9.17) is 4.74 Å². The standard InChI is InChI=1S/C9H19O6P/c1-5-13-8(10)9(15-7(3)4)16(11,12)14-6-2/h7,9H,5-6H2,1-4H3,(H,11,12). The first-order valence-electron chi connectivity index (χ1n) is 5.14. The van der Waals surface area contributed by atoms with Gasteiger partial charge in [-0.25, -0.2) is 4.79 Å². The third-order valence-electron chi connectivity index (χ3n) is 1.50. The van der Waals surface area contributed by atoms with E-state index >= 15 is 0 Å². The molecule has 2 atom stereocenters. The third kappa shape index (κ3) is 5.07. The highest BCUT2D eigenvalue weighted by Gasteiger charge is 2.41. The van der Waals surface area contributed by atoms with Gasteiger partial charge >= 0.3 is 13.6 Å². The van der Waals surface area contributed by atoms with Crippen molar-refractivity contribution in [2.75, 3.05) is 13.2 Å². The normalized spacial score (nSPS) is 16.9. The minimum Gasteiger partial charge on any atom is -0.464 e. The Balaban J connectivity index is 4.78. The molecule has 96 valence electrons. The van der Waals surface area contributed by atoms with Gasteiger partial charge in [-0.3, -0.25) is 4.57 Å². The van der Waals surface area contributed by atoms with Crippen LogP contribution in [0, 0.1) is 0 Å². The summed E-state index contributed by atoms with van der Waals surface area (Å²) in [5.41, 5.74) is 0. The highest BCUT2D eigenvalue weighted by atomic mass is 31.2. The Hall–Kier alpha value is -0.420. The van der Waals surface area contributed by atoms with Crippen molar-refractivity contribution in [2.24, 2.45) is 0 Å². The molecule has 16 heavy (non-hydrogen) atoms. The van der Waals surface area contributed by atoms with Crippen LogP contribution in [0.5, 0.6) is 0 Å². The van der Waals surface area contributed by atoms with E-state index in [1.807, 2.05) is 0 Å². The Morgan fingerprint density at radius 1 is 1.31 bits per heavy atom. The van der Waals surface area contributed by atoms with Crippen LogP contribution in [-0.2, 0) is 23.4 Å². The number of esters is 1. The van der Waals surface area contributed by atoms with Gasteiger partial charge in [-0.2, -0.15) is 0 Å². The molecular weight excluding hydrogens is 235 g/mol. The number of ether oxygens (including phenoxy) is 2. The summed E-state index contributed by atoms with van der Waals surface area (Å²) in [5, 5.41) is 0. The molecule has 0 aliphatic carbocycles. The summed E-state index contributed by atoms with van der Waals surface area (Å²) in [6.07, 6.45) is -0.379. The van der Waals surface area contributed by atoms with Crippen molar-refractivity contribution in [1.29, 1.82) is 0 Å². The quantitative estimate of drug-likeness (QED) is 0.548. The summed E-state index contributed by atoms with van der Waals surface area (Å²) in [4.78, 5) is 21.0. The van der Waals surface area contributed by atoms with Crippen LogP contribution in [-0.4, -0.2) is 36.0 Å². The van der Waals surface area contributed by atoms with Gasteiger partial charge in [0.05, 0.1) is 19.3 Å². The van der Waals surface area contributed by atoms with E-state index in [9.17, 15) is 14.3 Å². The van der Waals surface area contributed by atoms with Gasteiger partial charge in [0.15, 0.2) is 0 Å². The maximum absolute atomic E-state index is 11.7. The first-order valence-corrected chi connectivity index (χ1v) is 6.78. The molecule has 0 saturated heterocycles. The van der Waals surface area contributed by atoms with E-state index < -0.39 is 19.4 Å². The lowest BCUT2D eigenvalue weighted by molar-refractivity contribution is -0.154. The topological polar surface area (TPSA) is 82.1 Å². The van der Waals surface area contributed by atoms with E-state index in [-0.39, 0.29) is 19.3 Å². The zero-order chi connectivity index (χ0) is 12.8. The summed E-state index contributed by atoms with van der Waals surface area (Å²) in [7, 11) is -4.14. The average molecular weight is 254 g/mol. The van der Waals surface area contributed by atoms with Gasteiger partial charge in [0.25, 0.3) is 5.85 Å². The summed E-state index contributed by atoms with van der Waals surface area (Å²) in [6, 6.07) is 0. The number of carbonyl (C=O) groups excluding carboxylic acids is 1. The molecule has 0 fully saturated rings. The summed E-state index contributed by atoms with van der Waals surface area (Å²) < 4.78 is 26.0. The predicted molar refractivity (Wildman–Crippen MR) is 58.1 cm³/mol. The minimum atomic E-state index is -4.14. The van der Waals surface area contributed by atoms with Gasteiger partial charge in [-0.1, -0.05) is 0 Å². The second-order valence-corrected chi connectivity index (χ2v) is 5.13. The van der Waals surface area contributed by atoms with Crippen molar-refractivity contribution in [3.63, 3.8) is 0 Å². The molecule has 0 bridgehead atoms. The lowest BCUT2D eigenvalue weighted by atomic mass is 10.5. The van der Waals surface area contributed by atoms with Crippen LogP contribution in [0.15, 0.2) is 0 Å². The molecule has 0 rings (SSSR count). The first kappa shape index (κ1) is 15.6. The zero-order valence-corrected chi connectivity index (χ0v) is 10.9. The number of hydrogen-bond donors (Lipinski definition) is 1. The number of carbonyl (C=O) groups is 1. The fraction of sp³-hybridized carbons (Fsp3) is 0.889. The molecule has 0 saturated carbocycles. The van der Waals surface area contributed by atoms with Crippen LogP contribution >= 0.6 is 7.60 Å². The van der Waals surface area contributed by atoms with Crippen molar-refractivity contribution >= 4 is 13.6 Å². The van der Waals surface area contributed by atoms with E-state index in [0.29, 0.717) is 0 Å². The van der Waals surface area contributed by atoms with Crippen molar-refractivity contribution in [3.05, 3.63) is 0 Å². The van der Waals surface area contributed by atoms with Crippen molar-refractivity contribution in [1.82, 2.24) is 0 Å². The van der Waals surface area contributed by atoms with Gasteiger partial charge in [0, 0.05) is 0 Å². The zero-order valence-electron chi connectivity index (χ0n) is 10.0. The van der Waals surface area contributed by atoms with Crippen molar-refractivity contribution < 1.29 is 28.3 Å². The van der Waals surface area contributed by atoms with Crippen LogP contribution < -0.4 is 0 Å². The molecule has 7 heteroatoms. The Morgan fingerprint density at radius 3 is 2.25 bits per heavy atom. The molecule has 0 heterocycles. The molecular formula is C9H19O6P. The second kappa shape index (κ2) is 7.01. The van der Waals surface area contributed by atoms with Gasteiger partial charge in [0.2, 0.25) is 0 Å². The van der Waals surface area contributed by atoms with Crippen LogP contribution in [0.4, 0.5) is 0 Å². The highest BCUT2D eigenvalue weighted by molar-refractivity contribution is 7.54. The first-order chi connectivity index (χ1) is 7.35. The lowest BCUT2D eigenvalue weighted by Crippen LogP contribution is -2.30. The van der Waals surface area contributed by atoms with Crippen LogP contribution in [0.1, 0.15) is 27.7 Å². The minimum absolute atomic E-state index is 0.0190. The summed E-state index contributed by atoms with van der Waals surface area (Å²) >= 11 is 0. The SMILES string of the molecule is CCOC(=O)C(OC(C)C)P(=O)(O)OCC. The lowest BCUT2D eigenvalue weighted by Gasteiger charge is -2.22. The molecule has 2 unspecified atom stereocenters. The maximum atomic E-state index is 11.7. The molecule has 1 N–H and O–H groups in total.